The molecule has 1 atom stereocenters. The number of benzene rings is 1. The molecule has 1 aromatic carbocycles. The number of halogens is 3. The van der Waals surface area contributed by atoms with E-state index in [-0.39, 0.29) is 29.1 Å². The van der Waals surface area contributed by atoms with Gasteiger partial charge in [-0.1, -0.05) is 23.2 Å². The van der Waals surface area contributed by atoms with Gasteiger partial charge < -0.3 is 25.3 Å². The lowest BCUT2D eigenvalue weighted by Gasteiger charge is -2.14. The maximum Gasteiger partial charge on any atom is 0.243 e. The first kappa shape index (κ1) is 21.2. The summed E-state index contributed by atoms with van der Waals surface area (Å²) in [6.45, 7) is 0.850. The predicted molar refractivity (Wildman–Crippen MR) is 89.6 cm³/mol. The molecule has 0 radical (unpaired) electrons. The first-order valence-corrected chi connectivity index (χ1v) is 6.91. The highest BCUT2D eigenvalue weighted by Crippen LogP contribution is 2.36. The summed E-state index contributed by atoms with van der Waals surface area (Å²) in [5, 5.41) is 3.18. The fraction of sp³-hybridized carbons (Fsp3) is 0.462. The van der Waals surface area contributed by atoms with Crippen molar-refractivity contribution in [3.63, 3.8) is 0 Å². The Morgan fingerprint density at radius 1 is 1.23 bits per heavy atom. The number of methoxy groups -OCH3 is 2. The minimum Gasteiger partial charge on any atom is -0.488 e. The molecule has 0 bridgehead atoms. The summed E-state index contributed by atoms with van der Waals surface area (Å²) in [5.74, 6) is -0.0494. The Labute approximate surface area is 145 Å². The van der Waals surface area contributed by atoms with E-state index in [0.29, 0.717) is 24.7 Å². The van der Waals surface area contributed by atoms with E-state index in [9.17, 15) is 4.79 Å². The zero-order valence-corrected chi connectivity index (χ0v) is 14.6. The third kappa shape index (κ3) is 6.56. The zero-order chi connectivity index (χ0) is 15.8. The van der Waals surface area contributed by atoms with Gasteiger partial charge >= 0.3 is 0 Å². The molecular weight excluding hydrogens is 355 g/mol. The van der Waals surface area contributed by atoms with Crippen molar-refractivity contribution in [1.82, 2.24) is 0 Å². The summed E-state index contributed by atoms with van der Waals surface area (Å²) in [7, 11) is 3.03. The average Bonchev–Trinajstić information content (AvgIpc) is 2.42. The number of carbonyl (C=O) groups excluding carboxylic acids is 1. The normalized spacial score (nSPS) is 11.5. The summed E-state index contributed by atoms with van der Waals surface area (Å²) in [6, 6.07) is 2.30. The summed E-state index contributed by atoms with van der Waals surface area (Å²) in [5.41, 5.74) is 6.05. The Kier molecular flexibility index (Phi) is 10.5. The van der Waals surface area contributed by atoms with Crippen molar-refractivity contribution in [3.8, 4) is 5.75 Å². The highest BCUT2D eigenvalue weighted by Gasteiger charge is 2.15. The number of carbonyl (C=O) groups is 1. The molecule has 0 fully saturated rings. The summed E-state index contributed by atoms with van der Waals surface area (Å²) >= 11 is 12.2. The molecule has 0 saturated heterocycles. The van der Waals surface area contributed by atoms with Crippen LogP contribution in [0.3, 0.4) is 0 Å². The van der Waals surface area contributed by atoms with Gasteiger partial charge in [0.1, 0.15) is 12.6 Å². The number of amides is 1. The Balaban J connectivity index is 0.00000441. The fourth-order valence-corrected chi connectivity index (χ4v) is 2.08. The molecule has 1 unspecified atom stereocenters. The lowest BCUT2D eigenvalue weighted by Crippen LogP contribution is -2.39. The Bertz CT molecular complexity index is 465. The van der Waals surface area contributed by atoms with E-state index >= 15 is 0 Å². The van der Waals surface area contributed by atoms with Crippen molar-refractivity contribution in [1.29, 1.82) is 0 Å². The van der Waals surface area contributed by atoms with Crippen LogP contribution in [0, 0.1) is 0 Å². The Morgan fingerprint density at radius 3 is 2.32 bits per heavy atom. The summed E-state index contributed by atoms with van der Waals surface area (Å²) < 4.78 is 15.1. The van der Waals surface area contributed by atoms with Gasteiger partial charge in [-0.15, -0.1) is 12.4 Å². The largest absolute Gasteiger partial charge is 0.488 e. The second-order valence-electron chi connectivity index (χ2n) is 4.16. The van der Waals surface area contributed by atoms with Gasteiger partial charge in [-0.25, -0.2) is 0 Å². The molecule has 3 N–H and O–H groups in total. The zero-order valence-electron chi connectivity index (χ0n) is 12.2. The van der Waals surface area contributed by atoms with Gasteiger partial charge in [-0.3, -0.25) is 4.79 Å². The van der Waals surface area contributed by atoms with E-state index in [2.05, 4.69) is 5.32 Å². The van der Waals surface area contributed by atoms with Crippen molar-refractivity contribution in [2.75, 3.05) is 39.4 Å². The van der Waals surface area contributed by atoms with Crippen LogP contribution < -0.4 is 15.8 Å². The van der Waals surface area contributed by atoms with E-state index in [4.69, 9.17) is 43.1 Å². The first-order valence-electron chi connectivity index (χ1n) is 6.15. The molecule has 1 aromatic rings. The molecule has 126 valence electrons. The van der Waals surface area contributed by atoms with Crippen LogP contribution in [-0.4, -0.2) is 46.0 Å². The molecule has 1 amide bonds. The first-order chi connectivity index (χ1) is 9.99. The van der Waals surface area contributed by atoms with Crippen LogP contribution in [0.25, 0.3) is 0 Å². The van der Waals surface area contributed by atoms with Gasteiger partial charge in [-0.2, -0.15) is 0 Å². The van der Waals surface area contributed by atoms with E-state index in [1.165, 1.54) is 19.2 Å². The van der Waals surface area contributed by atoms with Crippen LogP contribution in [0.5, 0.6) is 5.75 Å². The van der Waals surface area contributed by atoms with Crippen LogP contribution >= 0.6 is 35.6 Å². The molecule has 0 saturated carbocycles. The number of rotatable bonds is 8. The fourth-order valence-electron chi connectivity index (χ4n) is 1.49. The molecule has 6 nitrogen and oxygen atoms in total. The lowest BCUT2D eigenvalue weighted by molar-refractivity contribution is -0.118. The molecular formula is C13H19Cl3N2O4. The van der Waals surface area contributed by atoms with Crippen molar-refractivity contribution < 1.29 is 19.0 Å². The smallest absolute Gasteiger partial charge is 0.243 e. The van der Waals surface area contributed by atoms with Crippen molar-refractivity contribution in [3.05, 3.63) is 22.2 Å². The van der Waals surface area contributed by atoms with E-state index < -0.39 is 11.9 Å². The Hall–Kier alpha value is -0.760. The number of ether oxygens (including phenoxy) is 3. The number of anilines is 1. The second kappa shape index (κ2) is 10.9. The molecule has 0 aliphatic heterocycles. The maximum absolute atomic E-state index is 11.8. The lowest BCUT2D eigenvalue weighted by atomic mass is 10.2. The molecule has 0 spiro atoms. The molecule has 0 aliphatic rings. The third-order valence-corrected chi connectivity index (χ3v) is 3.04. The maximum atomic E-state index is 11.8. The minimum atomic E-state index is -0.773. The quantitative estimate of drug-likeness (QED) is 0.684. The minimum absolute atomic E-state index is 0. The second-order valence-corrected chi connectivity index (χ2v) is 4.98. The van der Waals surface area contributed by atoms with Crippen molar-refractivity contribution >= 4 is 47.2 Å². The van der Waals surface area contributed by atoms with Crippen molar-refractivity contribution in [2.24, 2.45) is 5.73 Å². The molecule has 0 aliphatic carbocycles. The summed E-state index contributed by atoms with van der Waals surface area (Å²) in [4.78, 5) is 11.8. The topological polar surface area (TPSA) is 82.8 Å². The van der Waals surface area contributed by atoms with Crippen LogP contribution in [0.2, 0.25) is 10.0 Å². The van der Waals surface area contributed by atoms with Gasteiger partial charge in [0.2, 0.25) is 5.91 Å². The highest BCUT2D eigenvalue weighted by atomic mass is 35.5. The molecule has 22 heavy (non-hydrogen) atoms. The molecule has 0 aromatic heterocycles. The Morgan fingerprint density at radius 2 is 1.82 bits per heavy atom. The van der Waals surface area contributed by atoms with Crippen LogP contribution in [0.1, 0.15) is 0 Å². The monoisotopic (exact) mass is 372 g/mol. The summed E-state index contributed by atoms with van der Waals surface area (Å²) in [6.07, 6.45) is 0. The highest BCUT2D eigenvalue weighted by molar-refractivity contribution is 6.37. The molecule has 1 rings (SSSR count). The SMILES string of the molecule is COCCOc1c(Cl)cc(NC(=O)C(N)COC)cc1Cl.Cl. The number of hydrogen-bond acceptors (Lipinski definition) is 5. The third-order valence-electron chi connectivity index (χ3n) is 2.48. The van der Waals surface area contributed by atoms with E-state index in [0.717, 1.165) is 0 Å². The number of hydrogen-bond donors (Lipinski definition) is 2. The van der Waals surface area contributed by atoms with Gasteiger partial charge in [0.25, 0.3) is 0 Å². The standard InChI is InChI=1S/C13H18Cl2N2O4.ClH/c1-19-3-4-21-12-9(14)5-8(6-10(12)15)17-13(18)11(16)7-20-2;/h5-6,11H,3-4,7,16H2,1-2H3,(H,17,18);1H. The van der Waals surface area contributed by atoms with Gasteiger partial charge in [0, 0.05) is 19.9 Å². The van der Waals surface area contributed by atoms with Gasteiger partial charge in [0.15, 0.2) is 5.75 Å². The van der Waals surface area contributed by atoms with Crippen LogP contribution in [0.15, 0.2) is 12.1 Å². The molecule has 0 heterocycles. The van der Waals surface area contributed by atoms with Crippen molar-refractivity contribution in [2.45, 2.75) is 6.04 Å². The number of nitrogens with one attached hydrogen (secondary N) is 1. The predicted octanol–water partition coefficient (Wildman–Crippen LogP) is 2.35. The van der Waals surface area contributed by atoms with E-state index in [1.807, 2.05) is 0 Å². The van der Waals surface area contributed by atoms with Crippen LogP contribution in [0.4, 0.5) is 5.69 Å². The average molecular weight is 374 g/mol. The van der Waals surface area contributed by atoms with Gasteiger partial charge in [0.05, 0.1) is 23.3 Å². The number of nitrogens with two attached hydrogens (primary N) is 1. The molecule has 9 heteroatoms. The van der Waals surface area contributed by atoms with Gasteiger partial charge in [-0.05, 0) is 12.1 Å². The van der Waals surface area contributed by atoms with Crippen LogP contribution in [-0.2, 0) is 14.3 Å². The van der Waals surface area contributed by atoms with E-state index in [1.54, 1.807) is 7.11 Å².